The highest BCUT2D eigenvalue weighted by molar-refractivity contribution is 5.95. The largest absolute Gasteiger partial charge is 0.478 e. The number of anilines is 1. The summed E-state index contributed by atoms with van der Waals surface area (Å²) in [4.78, 5) is 21.0. The summed E-state index contributed by atoms with van der Waals surface area (Å²) in [5.74, 6) is -1.21. The van der Waals surface area contributed by atoms with Crippen molar-refractivity contribution < 1.29 is 19.6 Å². The van der Waals surface area contributed by atoms with Crippen molar-refractivity contribution in [1.29, 1.82) is 0 Å². The van der Waals surface area contributed by atoms with E-state index in [4.69, 9.17) is 15.6 Å². The van der Waals surface area contributed by atoms with Crippen LogP contribution in [0.4, 0.5) is 11.4 Å². The number of nitro benzene ring substituents is 1. The molecule has 7 nitrogen and oxygen atoms in total. The standard InChI is InChI=1S/C10H12N2O5/c1-17-5-4-6-8(12(15)16)3-2-7(9(6)11)10(13)14/h2-3H,4-5,11H2,1H3,(H,13,14). The number of hydrogen-bond acceptors (Lipinski definition) is 5. The number of carboxylic acids is 1. The number of rotatable bonds is 5. The lowest BCUT2D eigenvalue weighted by Crippen LogP contribution is -2.09. The lowest BCUT2D eigenvalue weighted by Gasteiger charge is -2.08. The van der Waals surface area contributed by atoms with Gasteiger partial charge in [0.05, 0.1) is 28.3 Å². The maximum Gasteiger partial charge on any atom is 0.337 e. The monoisotopic (exact) mass is 240 g/mol. The zero-order valence-corrected chi connectivity index (χ0v) is 9.17. The number of nitrogens with zero attached hydrogens (tertiary/aromatic N) is 1. The topological polar surface area (TPSA) is 116 Å². The summed E-state index contributed by atoms with van der Waals surface area (Å²) in [6.07, 6.45) is 0.194. The molecule has 7 heteroatoms. The third-order valence-corrected chi connectivity index (χ3v) is 2.32. The van der Waals surface area contributed by atoms with Gasteiger partial charge in [0.1, 0.15) is 0 Å². The summed E-state index contributed by atoms with van der Waals surface area (Å²) in [6, 6.07) is 2.27. The van der Waals surface area contributed by atoms with Gasteiger partial charge in [-0.05, 0) is 6.07 Å². The van der Waals surface area contributed by atoms with E-state index in [1.807, 2.05) is 0 Å². The Morgan fingerprint density at radius 1 is 1.59 bits per heavy atom. The number of nitrogen functional groups attached to an aromatic ring is 1. The lowest BCUT2D eigenvalue weighted by atomic mass is 10.0. The molecule has 0 saturated carbocycles. The first-order chi connectivity index (χ1) is 7.99. The van der Waals surface area contributed by atoms with E-state index < -0.39 is 10.9 Å². The van der Waals surface area contributed by atoms with Crippen molar-refractivity contribution in [2.45, 2.75) is 6.42 Å². The Bertz CT molecular complexity index is 458. The molecule has 17 heavy (non-hydrogen) atoms. The second-order valence-corrected chi connectivity index (χ2v) is 3.33. The van der Waals surface area contributed by atoms with Gasteiger partial charge in [0.15, 0.2) is 0 Å². The van der Waals surface area contributed by atoms with E-state index in [0.29, 0.717) is 0 Å². The van der Waals surface area contributed by atoms with Gasteiger partial charge in [-0.1, -0.05) is 0 Å². The molecule has 0 spiro atoms. The summed E-state index contributed by atoms with van der Waals surface area (Å²) < 4.78 is 4.81. The van der Waals surface area contributed by atoms with Crippen molar-refractivity contribution >= 4 is 17.3 Å². The maximum absolute atomic E-state index is 10.8. The van der Waals surface area contributed by atoms with E-state index in [2.05, 4.69) is 0 Å². The Hall–Kier alpha value is -2.15. The van der Waals surface area contributed by atoms with Crippen LogP contribution in [0.25, 0.3) is 0 Å². The van der Waals surface area contributed by atoms with Crippen LogP contribution in [0.5, 0.6) is 0 Å². The number of nitro groups is 1. The Balaban J connectivity index is 3.31. The summed E-state index contributed by atoms with van der Waals surface area (Å²) in [5, 5.41) is 19.6. The number of benzene rings is 1. The minimum Gasteiger partial charge on any atom is -0.478 e. The number of ether oxygens (including phenoxy) is 1. The summed E-state index contributed by atoms with van der Waals surface area (Å²) in [7, 11) is 1.45. The molecule has 3 N–H and O–H groups in total. The number of hydrogen-bond donors (Lipinski definition) is 2. The molecule has 0 saturated heterocycles. The van der Waals surface area contributed by atoms with Crippen molar-refractivity contribution in [3.05, 3.63) is 33.4 Å². The van der Waals surface area contributed by atoms with Crippen molar-refractivity contribution in [1.82, 2.24) is 0 Å². The molecule has 0 radical (unpaired) electrons. The second-order valence-electron chi connectivity index (χ2n) is 3.33. The van der Waals surface area contributed by atoms with Crippen LogP contribution in [-0.2, 0) is 11.2 Å². The van der Waals surface area contributed by atoms with Crippen LogP contribution < -0.4 is 5.73 Å². The highest BCUT2D eigenvalue weighted by Gasteiger charge is 2.21. The van der Waals surface area contributed by atoms with Gasteiger partial charge in [-0.15, -0.1) is 0 Å². The van der Waals surface area contributed by atoms with Gasteiger partial charge in [-0.2, -0.15) is 0 Å². The predicted molar refractivity (Wildman–Crippen MR) is 60.0 cm³/mol. The molecule has 0 bridgehead atoms. The molecule has 0 amide bonds. The smallest absolute Gasteiger partial charge is 0.337 e. The Morgan fingerprint density at radius 3 is 2.71 bits per heavy atom. The van der Waals surface area contributed by atoms with Crippen molar-refractivity contribution in [3.63, 3.8) is 0 Å². The number of carbonyl (C=O) groups is 1. The van der Waals surface area contributed by atoms with Gasteiger partial charge in [-0.25, -0.2) is 4.79 Å². The first-order valence-corrected chi connectivity index (χ1v) is 4.77. The van der Waals surface area contributed by atoms with Gasteiger partial charge in [-0.3, -0.25) is 10.1 Å². The van der Waals surface area contributed by atoms with E-state index in [0.717, 1.165) is 12.1 Å². The highest BCUT2D eigenvalue weighted by atomic mass is 16.6. The number of nitrogens with two attached hydrogens (primary N) is 1. The third kappa shape index (κ3) is 2.70. The average Bonchev–Trinajstić information content (AvgIpc) is 2.26. The Morgan fingerprint density at radius 2 is 2.24 bits per heavy atom. The molecule has 0 aliphatic carbocycles. The predicted octanol–water partition coefficient (Wildman–Crippen LogP) is 1.06. The van der Waals surface area contributed by atoms with E-state index in [9.17, 15) is 14.9 Å². The number of methoxy groups -OCH3 is 1. The fourth-order valence-electron chi connectivity index (χ4n) is 1.48. The van der Waals surface area contributed by atoms with Gasteiger partial charge < -0.3 is 15.6 Å². The van der Waals surface area contributed by atoms with Crippen LogP contribution in [0.1, 0.15) is 15.9 Å². The van der Waals surface area contributed by atoms with Crippen molar-refractivity contribution in [2.24, 2.45) is 0 Å². The summed E-state index contributed by atoms with van der Waals surface area (Å²) >= 11 is 0. The maximum atomic E-state index is 10.8. The minimum atomic E-state index is -1.21. The molecule has 0 aliphatic heterocycles. The summed E-state index contributed by atoms with van der Waals surface area (Å²) in [5.41, 5.74) is 5.41. The van der Waals surface area contributed by atoms with Crippen molar-refractivity contribution in [2.75, 3.05) is 19.5 Å². The number of aromatic carboxylic acids is 1. The van der Waals surface area contributed by atoms with Gasteiger partial charge in [0.25, 0.3) is 5.69 Å². The van der Waals surface area contributed by atoms with Crippen LogP contribution in [0.3, 0.4) is 0 Å². The van der Waals surface area contributed by atoms with E-state index in [1.54, 1.807) is 0 Å². The first kappa shape index (κ1) is 12.9. The zero-order chi connectivity index (χ0) is 13.0. The molecule has 1 rings (SSSR count). The van der Waals surface area contributed by atoms with Crippen LogP contribution in [0.15, 0.2) is 12.1 Å². The molecule has 0 unspecified atom stereocenters. The first-order valence-electron chi connectivity index (χ1n) is 4.77. The highest BCUT2D eigenvalue weighted by Crippen LogP contribution is 2.28. The molecule has 0 heterocycles. The Labute approximate surface area is 97.0 Å². The molecule has 92 valence electrons. The molecule has 1 aromatic rings. The molecular formula is C10H12N2O5. The van der Waals surface area contributed by atoms with Gasteiger partial charge >= 0.3 is 5.97 Å². The van der Waals surface area contributed by atoms with Crippen LogP contribution in [-0.4, -0.2) is 29.7 Å². The zero-order valence-electron chi connectivity index (χ0n) is 9.17. The minimum absolute atomic E-state index is 0.0799. The molecule has 1 aromatic carbocycles. The SMILES string of the molecule is COCCc1c([N+](=O)[O-])ccc(C(=O)O)c1N. The number of carboxylic acid groups (broad SMARTS) is 1. The molecule has 0 aliphatic rings. The fraction of sp³-hybridized carbons (Fsp3) is 0.300. The quantitative estimate of drug-likeness (QED) is 0.451. The van der Waals surface area contributed by atoms with E-state index in [-0.39, 0.29) is 35.5 Å². The van der Waals surface area contributed by atoms with E-state index >= 15 is 0 Å². The average molecular weight is 240 g/mol. The normalized spacial score (nSPS) is 10.2. The molecule has 0 aromatic heterocycles. The third-order valence-electron chi connectivity index (χ3n) is 2.32. The van der Waals surface area contributed by atoms with Gasteiger partial charge in [0.2, 0.25) is 0 Å². The van der Waals surface area contributed by atoms with Crippen LogP contribution in [0, 0.1) is 10.1 Å². The fourth-order valence-corrected chi connectivity index (χ4v) is 1.48. The van der Waals surface area contributed by atoms with Gasteiger partial charge in [0, 0.05) is 19.6 Å². The summed E-state index contributed by atoms with van der Waals surface area (Å²) in [6.45, 7) is 0.230. The van der Waals surface area contributed by atoms with Crippen molar-refractivity contribution in [3.8, 4) is 0 Å². The molecule has 0 atom stereocenters. The van der Waals surface area contributed by atoms with Crippen LogP contribution in [0.2, 0.25) is 0 Å². The van der Waals surface area contributed by atoms with E-state index in [1.165, 1.54) is 7.11 Å². The molecule has 0 fully saturated rings. The lowest BCUT2D eigenvalue weighted by molar-refractivity contribution is -0.385. The van der Waals surface area contributed by atoms with Crippen LogP contribution >= 0.6 is 0 Å². The molecular weight excluding hydrogens is 228 g/mol. The Kier molecular flexibility index (Phi) is 4.00. The second kappa shape index (κ2) is 5.26.